The summed E-state index contributed by atoms with van der Waals surface area (Å²) >= 11 is 0. The Balaban J connectivity index is 1.20. The fraction of sp³-hybridized carbons (Fsp3) is 0. The molecule has 1 heteroatoms. The van der Waals surface area contributed by atoms with Crippen molar-refractivity contribution in [2.75, 3.05) is 0 Å². The molecule has 0 radical (unpaired) electrons. The maximum atomic E-state index is 2.47. The Kier molecular flexibility index (Phi) is 10.5. The van der Waals surface area contributed by atoms with E-state index < -0.39 is 8.07 Å². The molecule has 0 saturated carbocycles. The number of rotatable bonds is 10. The second kappa shape index (κ2) is 17.0. The molecule has 61 heavy (non-hydrogen) atoms. The quantitative estimate of drug-likeness (QED) is 0.0956. The van der Waals surface area contributed by atoms with E-state index in [1.54, 1.807) is 0 Å². The fourth-order valence-corrected chi connectivity index (χ4v) is 14.1. The molecule has 0 spiro atoms. The van der Waals surface area contributed by atoms with Crippen LogP contribution in [0.4, 0.5) is 0 Å². The van der Waals surface area contributed by atoms with Crippen molar-refractivity contribution in [2.24, 2.45) is 0 Å². The van der Waals surface area contributed by atoms with Gasteiger partial charge in [-0.15, -0.1) is 0 Å². The molecular weight excluding hydrogens is 749 g/mol. The molecule has 0 heterocycles. The predicted octanol–water partition coefficient (Wildman–Crippen LogP) is 13.1. The number of hydrogen-bond acceptors (Lipinski definition) is 0. The lowest BCUT2D eigenvalue weighted by atomic mass is 9.80. The van der Waals surface area contributed by atoms with E-state index in [0.717, 1.165) is 0 Å². The first-order chi connectivity index (χ1) is 30.3. The third-order valence-corrected chi connectivity index (χ3v) is 16.8. The lowest BCUT2D eigenvalue weighted by Crippen LogP contribution is -2.74. The van der Waals surface area contributed by atoms with Crippen molar-refractivity contribution < 1.29 is 0 Å². The Morgan fingerprint density at radius 2 is 0.443 bits per heavy atom. The van der Waals surface area contributed by atoms with E-state index in [0.29, 0.717) is 0 Å². The summed E-state index contributed by atoms with van der Waals surface area (Å²) in [7, 11) is -2.72. The zero-order valence-electron chi connectivity index (χ0n) is 33.9. The van der Waals surface area contributed by atoms with Crippen LogP contribution in [-0.2, 0) is 0 Å². The highest BCUT2D eigenvalue weighted by molar-refractivity contribution is 7.19. The smallest absolute Gasteiger partial charge is 0.0623 e. The van der Waals surface area contributed by atoms with Gasteiger partial charge in [0, 0.05) is 0 Å². The second-order valence-corrected chi connectivity index (χ2v) is 19.4. The minimum absolute atomic E-state index is 1.18. The van der Waals surface area contributed by atoms with Crippen LogP contribution in [0.1, 0.15) is 0 Å². The Hall–Kier alpha value is -7.58. The first-order valence-electron chi connectivity index (χ1n) is 21.1. The third-order valence-electron chi connectivity index (χ3n) is 12.1. The van der Waals surface area contributed by atoms with Crippen molar-refractivity contribution in [3.8, 4) is 66.8 Å². The molecule has 0 aromatic heterocycles. The Bertz CT molecular complexity index is 2880. The first-order valence-corrected chi connectivity index (χ1v) is 23.1. The Morgan fingerprint density at radius 1 is 0.180 bits per heavy atom. The first kappa shape index (κ1) is 37.7. The van der Waals surface area contributed by atoms with Crippen molar-refractivity contribution in [2.45, 2.75) is 0 Å². The van der Waals surface area contributed by atoms with Gasteiger partial charge >= 0.3 is 0 Å². The molecule has 0 fully saturated rings. The van der Waals surface area contributed by atoms with E-state index in [1.807, 2.05) is 0 Å². The molecule has 0 saturated heterocycles. The highest BCUT2D eigenvalue weighted by atomic mass is 28.3. The van der Waals surface area contributed by atoms with Crippen molar-refractivity contribution in [1.29, 1.82) is 0 Å². The molecule has 288 valence electrons. The summed E-state index contributed by atoms with van der Waals surface area (Å²) in [5, 5.41) is 5.46. The van der Waals surface area contributed by atoms with Crippen LogP contribution in [0, 0.1) is 0 Å². The van der Waals surface area contributed by atoms with E-state index in [9.17, 15) is 0 Å². The molecule has 0 nitrogen and oxygen atoms in total. The number of benzene rings is 10. The third kappa shape index (κ3) is 7.16. The molecule has 0 aliphatic carbocycles. The minimum Gasteiger partial charge on any atom is -0.0623 e. The SMILES string of the molecule is c1ccc(-c2cccc(-c3ccccc3)c2-c2c(-c3ccccc3)cccc2-c2cccc(-c3cccc([Si](c4ccccc4)(c4ccccc4)c4ccccc4)c3)c2)cc1. The van der Waals surface area contributed by atoms with Gasteiger partial charge in [-0.1, -0.05) is 261 Å². The van der Waals surface area contributed by atoms with E-state index in [1.165, 1.54) is 87.5 Å². The molecule has 0 bridgehead atoms. The summed E-state index contributed by atoms with van der Waals surface area (Å²) in [6, 6.07) is 98.2. The summed E-state index contributed by atoms with van der Waals surface area (Å²) in [5.74, 6) is 0. The highest BCUT2D eigenvalue weighted by Gasteiger charge is 2.41. The summed E-state index contributed by atoms with van der Waals surface area (Å²) in [6.45, 7) is 0. The summed E-state index contributed by atoms with van der Waals surface area (Å²) in [5.41, 5.74) is 14.4. The molecule has 0 atom stereocenters. The van der Waals surface area contributed by atoms with Crippen LogP contribution >= 0.6 is 0 Å². The van der Waals surface area contributed by atoms with Gasteiger partial charge in [-0.05, 0) is 93.6 Å². The van der Waals surface area contributed by atoms with E-state index in [-0.39, 0.29) is 0 Å². The molecule has 10 aromatic carbocycles. The van der Waals surface area contributed by atoms with Gasteiger partial charge in [0.15, 0.2) is 8.07 Å². The van der Waals surface area contributed by atoms with E-state index in [4.69, 9.17) is 0 Å². The molecule has 0 aliphatic rings. The molecular formula is C60H44Si. The van der Waals surface area contributed by atoms with Gasteiger partial charge in [0.2, 0.25) is 0 Å². The second-order valence-electron chi connectivity index (χ2n) is 15.6. The summed E-state index contributed by atoms with van der Waals surface area (Å²) in [6.07, 6.45) is 0. The van der Waals surface area contributed by atoms with Crippen LogP contribution in [0.25, 0.3) is 66.8 Å². The molecule has 0 N–H and O–H groups in total. The van der Waals surface area contributed by atoms with Gasteiger partial charge in [0.1, 0.15) is 0 Å². The Labute approximate surface area is 360 Å². The molecule has 10 rings (SSSR count). The van der Waals surface area contributed by atoms with Crippen LogP contribution in [0.5, 0.6) is 0 Å². The lowest BCUT2D eigenvalue weighted by molar-refractivity contribution is 1.53. The summed E-state index contributed by atoms with van der Waals surface area (Å²) < 4.78 is 0. The predicted molar refractivity (Wildman–Crippen MR) is 263 cm³/mol. The maximum absolute atomic E-state index is 2.72. The van der Waals surface area contributed by atoms with Crippen molar-refractivity contribution in [3.05, 3.63) is 267 Å². The highest BCUT2D eigenvalue weighted by Crippen LogP contribution is 2.48. The fourth-order valence-electron chi connectivity index (χ4n) is 9.32. The topological polar surface area (TPSA) is 0 Å². The van der Waals surface area contributed by atoms with Gasteiger partial charge < -0.3 is 0 Å². The normalized spacial score (nSPS) is 11.3. The van der Waals surface area contributed by atoms with Crippen LogP contribution < -0.4 is 20.7 Å². The summed E-state index contributed by atoms with van der Waals surface area (Å²) in [4.78, 5) is 0. The monoisotopic (exact) mass is 792 g/mol. The Morgan fingerprint density at radius 3 is 0.836 bits per heavy atom. The van der Waals surface area contributed by atoms with Crippen LogP contribution in [0.15, 0.2) is 267 Å². The van der Waals surface area contributed by atoms with Gasteiger partial charge in [-0.2, -0.15) is 0 Å². The standard InChI is InChI=1S/C60H44Si/c1-7-23-45(24-8-1)55-39-21-40-56(46-25-9-2-10-26-46)59(55)60-57(47-27-11-3-12-28-47)41-22-42-58(60)50-31-19-29-48(43-50)49-30-20-38-54(44-49)61(51-32-13-4-14-33-51,52-34-15-5-16-35-52)53-36-17-6-18-37-53/h1-44H. The van der Waals surface area contributed by atoms with Crippen molar-refractivity contribution in [1.82, 2.24) is 0 Å². The van der Waals surface area contributed by atoms with Gasteiger partial charge in [0.25, 0.3) is 0 Å². The zero-order chi connectivity index (χ0) is 40.9. The van der Waals surface area contributed by atoms with Crippen molar-refractivity contribution >= 4 is 28.8 Å². The van der Waals surface area contributed by atoms with Gasteiger partial charge in [-0.3, -0.25) is 0 Å². The van der Waals surface area contributed by atoms with E-state index >= 15 is 0 Å². The van der Waals surface area contributed by atoms with Crippen molar-refractivity contribution in [3.63, 3.8) is 0 Å². The average Bonchev–Trinajstić information content (AvgIpc) is 3.36. The minimum atomic E-state index is -2.72. The van der Waals surface area contributed by atoms with Gasteiger partial charge in [-0.25, -0.2) is 0 Å². The molecule has 0 unspecified atom stereocenters. The lowest BCUT2D eigenvalue weighted by Gasteiger charge is -2.34. The van der Waals surface area contributed by atoms with Gasteiger partial charge in [0.05, 0.1) is 0 Å². The zero-order valence-corrected chi connectivity index (χ0v) is 34.9. The maximum Gasteiger partial charge on any atom is 0.179 e. The average molecular weight is 793 g/mol. The van der Waals surface area contributed by atoms with Crippen LogP contribution in [-0.4, -0.2) is 8.07 Å². The molecule has 10 aromatic rings. The molecule has 0 amide bonds. The van der Waals surface area contributed by atoms with Crippen LogP contribution in [0.3, 0.4) is 0 Å². The molecule has 0 aliphatic heterocycles. The number of hydrogen-bond donors (Lipinski definition) is 0. The van der Waals surface area contributed by atoms with E-state index in [2.05, 4.69) is 267 Å². The van der Waals surface area contributed by atoms with Crippen LogP contribution in [0.2, 0.25) is 0 Å². The largest absolute Gasteiger partial charge is 0.179 e.